The van der Waals surface area contributed by atoms with Gasteiger partial charge in [-0.05, 0) is 18.4 Å². The Morgan fingerprint density at radius 1 is 1.24 bits per heavy atom. The quantitative estimate of drug-likeness (QED) is 0.858. The highest BCUT2D eigenvalue weighted by atomic mass is 16.3. The number of hydrogen-bond acceptors (Lipinski definition) is 3. The second kappa shape index (κ2) is 5.64. The summed E-state index contributed by atoms with van der Waals surface area (Å²) >= 11 is 0. The zero-order valence-electron chi connectivity index (χ0n) is 10.1. The molecule has 0 amide bonds. The van der Waals surface area contributed by atoms with Crippen LogP contribution in [0.4, 0.5) is 0 Å². The molecule has 2 rings (SSSR count). The van der Waals surface area contributed by atoms with Gasteiger partial charge in [0.1, 0.15) is 11.5 Å². The van der Waals surface area contributed by atoms with Crippen LogP contribution in [-0.4, -0.2) is 4.98 Å². The average Bonchev–Trinajstić information content (AvgIpc) is 2.85. The molecule has 0 fully saturated rings. The minimum absolute atomic E-state index is 0.382. The van der Waals surface area contributed by atoms with Crippen LogP contribution in [-0.2, 0) is 13.0 Å². The summed E-state index contributed by atoms with van der Waals surface area (Å²) in [5.74, 6) is 0.742. The van der Waals surface area contributed by atoms with Gasteiger partial charge >= 0.3 is 0 Å². The zero-order valence-corrected chi connectivity index (χ0v) is 10.1. The predicted octanol–water partition coefficient (Wildman–Crippen LogP) is 3.14. The van der Waals surface area contributed by atoms with Gasteiger partial charge in [0.05, 0.1) is 6.54 Å². The van der Waals surface area contributed by atoms with E-state index in [1.165, 1.54) is 24.8 Å². The molecule has 0 saturated heterocycles. The minimum atomic E-state index is 0.382. The third-order valence-electron chi connectivity index (χ3n) is 2.87. The van der Waals surface area contributed by atoms with E-state index >= 15 is 0 Å². The maximum atomic E-state index is 5.59. The van der Waals surface area contributed by atoms with E-state index in [4.69, 9.17) is 10.2 Å². The van der Waals surface area contributed by atoms with Crippen molar-refractivity contribution in [3.8, 4) is 11.3 Å². The molecule has 0 aliphatic rings. The second-order valence-corrected chi connectivity index (χ2v) is 4.13. The Morgan fingerprint density at radius 3 is 2.65 bits per heavy atom. The number of aryl methyl sites for hydroxylation is 1. The molecule has 0 aliphatic heterocycles. The lowest BCUT2D eigenvalue weighted by atomic mass is 10.0. The Bertz CT molecular complexity index is 459. The molecule has 3 nitrogen and oxygen atoms in total. The first-order chi connectivity index (χ1) is 8.35. The highest BCUT2D eigenvalue weighted by Crippen LogP contribution is 2.22. The number of aromatic nitrogens is 1. The lowest BCUT2D eigenvalue weighted by Crippen LogP contribution is -1.96. The lowest BCUT2D eigenvalue weighted by Gasteiger charge is -2.02. The number of nitrogens with two attached hydrogens (primary N) is 1. The van der Waals surface area contributed by atoms with Crippen LogP contribution in [0, 0.1) is 0 Å². The smallest absolute Gasteiger partial charge is 0.181 e. The molecule has 1 aromatic heterocycles. The van der Waals surface area contributed by atoms with Gasteiger partial charge in [-0.25, -0.2) is 4.98 Å². The van der Waals surface area contributed by atoms with Gasteiger partial charge in [0, 0.05) is 5.56 Å². The maximum absolute atomic E-state index is 5.59. The third-order valence-corrected chi connectivity index (χ3v) is 2.87. The standard InChI is InChI=1S/C14H18N2O/c1-2-3-4-11-5-7-12(8-6-11)14-13(9-15)17-10-16-14/h5-8,10H,2-4,9,15H2,1H3. The van der Waals surface area contributed by atoms with E-state index in [9.17, 15) is 0 Å². The zero-order chi connectivity index (χ0) is 12.1. The lowest BCUT2D eigenvalue weighted by molar-refractivity contribution is 0.507. The summed E-state index contributed by atoms with van der Waals surface area (Å²) in [5, 5.41) is 0. The SMILES string of the molecule is CCCCc1ccc(-c2ncoc2CN)cc1. The first-order valence-corrected chi connectivity index (χ1v) is 6.07. The molecule has 0 saturated carbocycles. The molecule has 3 heteroatoms. The van der Waals surface area contributed by atoms with Crippen LogP contribution in [0.2, 0.25) is 0 Å². The van der Waals surface area contributed by atoms with Crippen molar-refractivity contribution in [2.45, 2.75) is 32.7 Å². The summed E-state index contributed by atoms with van der Waals surface area (Å²) in [5.41, 5.74) is 8.89. The first kappa shape index (κ1) is 11.9. The van der Waals surface area contributed by atoms with Crippen molar-refractivity contribution in [2.24, 2.45) is 5.73 Å². The molecule has 0 aliphatic carbocycles. The Morgan fingerprint density at radius 2 is 2.00 bits per heavy atom. The highest BCUT2D eigenvalue weighted by Gasteiger charge is 2.08. The van der Waals surface area contributed by atoms with Crippen molar-refractivity contribution in [1.29, 1.82) is 0 Å². The molecule has 0 bridgehead atoms. The van der Waals surface area contributed by atoms with Crippen molar-refractivity contribution in [2.75, 3.05) is 0 Å². The molecule has 17 heavy (non-hydrogen) atoms. The largest absolute Gasteiger partial charge is 0.446 e. The van der Waals surface area contributed by atoms with Crippen LogP contribution in [0.25, 0.3) is 11.3 Å². The van der Waals surface area contributed by atoms with Gasteiger partial charge < -0.3 is 10.2 Å². The van der Waals surface area contributed by atoms with Gasteiger partial charge in [-0.1, -0.05) is 37.6 Å². The minimum Gasteiger partial charge on any atom is -0.446 e. The van der Waals surface area contributed by atoms with E-state index in [0.717, 1.165) is 23.4 Å². The highest BCUT2D eigenvalue weighted by molar-refractivity contribution is 5.61. The topological polar surface area (TPSA) is 52.0 Å². The fraction of sp³-hybridized carbons (Fsp3) is 0.357. The number of benzene rings is 1. The van der Waals surface area contributed by atoms with E-state index < -0.39 is 0 Å². The number of hydrogen-bond donors (Lipinski definition) is 1. The van der Waals surface area contributed by atoms with Gasteiger partial charge in [-0.2, -0.15) is 0 Å². The van der Waals surface area contributed by atoms with E-state index in [0.29, 0.717) is 6.54 Å². The summed E-state index contributed by atoms with van der Waals surface area (Å²) in [6, 6.07) is 8.48. The van der Waals surface area contributed by atoms with Gasteiger partial charge in [0.15, 0.2) is 6.39 Å². The van der Waals surface area contributed by atoms with Crippen LogP contribution in [0.1, 0.15) is 31.1 Å². The Balaban J connectivity index is 2.17. The van der Waals surface area contributed by atoms with Gasteiger partial charge in [-0.15, -0.1) is 0 Å². The van der Waals surface area contributed by atoms with Gasteiger partial charge in [-0.3, -0.25) is 0 Å². The van der Waals surface area contributed by atoms with Crippen LogP contribution in [0.15, 0.2) is 35.1 Å². The molecule has 0 unspecified atom stereocenters. The molecule has 1 aromatic carbocycles. The summed E-state index contributed by atoms with van der Waals surface area (Å²) in [6.07, 6.45) is 5.04. The Hall–Kier alpha value is -1.61. The van der Waals surface area contributed by atoms with Crippen LogP contribution >= 0.6 is 0 Å². The molecular formula is C14H18N2O. The number of unbranched alkanes of at least 4 members (excludes halogenated alkanes) is 1. The molecule has 1 heterocycles. The fourth-order valence-corrected chi connectivity index (χ4v) is 1.86. The monoisotopic (exact) mass is 230 g/mol. The van der Waals surface area contributed by atoms with Crippen LogP contribution in [0.3, 0.4) is 0 Å². The average molecular weight is 230 g/mol. The third kappa shape index (κ3) is 2.74. The predicted molar refractivity (Wildman–Crippen MR) is 68.4 cm³/mol. The summed E-state index contributed by atoms with van der Waals surface area (Å²) < 4.78 is 5.23. The summed E-state index contributed by atoms with van der Waals surface area (Å²) in [7, 11) is 0. The summed E-state index contributed by atoms with van der Waals surface area (Å²) in [4.78, 5) is 4.20. The molecule has 2 aromatic rings. The molecule has 0 radical (unpaired) electrons. The molecule has 0 atom stereocenters. The Labute approximate surface area is 102 Å². The van der Waals surface area contributed by atoms with E-state index in [1.54, 1.807) is 0 Å². The first-order valence-electron chi connectivity index (χ1n) is 6.07. The summed E-state index contributed by atoms with van der Waals surface area (Å²) in [6.45, 7) is 2.59. The van der Waals surface area contributed by atoms with Crippen molar-refractivity contribution in [3.05, 3.63) is 42.0 Å². The van der Waals surface area contributed by atoms with Crippen molar-refractivity contribution >= 4 is 0 Å². The molecule has 90 valence electrons. The van der Waals surface area contributed by atoms with E-state index in [2.05, 4.69) is 36.2 Å². The van der Waals surface area contributed by atoms with Crippen molar-refractivity contribution < 1.29 is 4.42 Å². The maximum Gasteiger partial charge on any atom is 0.181 e. The van der Waals surface area contributed by atoms with Crippen LogP contribution < -0.4 is 5.73 Å². The van der Waals surface area contributed by atoms with E-state index in [1.807, 2.05) is 0 Å². The van der Waals surface area contributed by atoms with Crippen LogP contribution in [0.5, 0.6) is 0 Å². The number of nitrogens with zero attached hydrogens (tertiary/aromatic N) is 1. The van der Waals surface area contributed by atoms with Gasteiger partial charge in [0.25, 0.3) is 0 Å². The molecule has 2 N–H and O–H groups in total. The fourth-order valence-electron chi connectivity index (χ4n) is 1.86. The van der Waals surface area contributed by atoms with E-state index in [-0.39, 0.29) is 0 Å². The normalized spacial score (nSPS) is 10.7. The molecule has 0 spiro atoms. The molecular weight excluding hydrogens is 212 g/mol. The second-order valence-electron chi connectivity index (χ2n) is 4.13. The number of rotatable bonds is 5. The van der Waals surface area contributed by atoms with Crippen molar-refractivity contribution in [1.82, 2.24) is 4.98 Å². The van der Waals surface area contributed by atoms with Gasteiger partial charge in [0.2, 0.25) is 0 Å². The van der Waals surface area contributed by atoms with Crippen molar-refractivity contribution in [3.63, 3.8) is 0 Å². The number of oxazole rings is 1. The Kier molecular flexibility index (Phi) is 3.94.